The third kappa shape index (κ3) is 5.02. The van der Waals surface area contributed by atoms with Crippen LogP contribution in [0.25, 0.3) is 10.6 Å². The zero-order valence-corrected chi connectivity index (χ0v) is 20.5. The minimum absolute atomic E-state index is 0.497. The van der Waals surface area contributed by atoms with E-state index in [1.165, 1.54) is 0 Å². The smallest absolute Gasteiger partial charge is 0.228 e. The highest BCUT2D eigenvalue weighted by molar-refractivity contribution is 7.98. The normalized spacial score (nSPS) is 14.2. The first-order chi connectivity index (χ1) is 15.6. The Morgan fingerprint density at radius 3 is 2.69 bits per heavy atom. The summed E-state index contributed by atoms with van der Waals surface area (Å²) in [5.74, 6) is 3.56. The van der Waals surface area contributed by atoms with E-state index in [-0.39, 0.29) is 0 Å². The fourth-order valence-electron chi connectivity index (χ4n) is 3.60. The lowest BCUT2D eigenvalue weighted by molar-refractivity contribution is 0.121. The van der Waals surface area contributed by atoms with E-state index in [1.54, 1.807) is 37.3 Å². The summed E-state index contributed by atoms with van der Waals surface area (Å²) in [6.45, 7) is 8.46. The van der Waals surface area contributed by atoms with Crippen molar-refractivity contribution in [2.75, 3.05) is 45.4 Å². The summed E-state index contributed by atoms with van der Waals surface area (Å²) in [6, 6.07) is 5.85. The van der Waals surface area contributed by atoms with Gasteiger partial charge in [-0.05, 0) is 18.1 Å². The molecule has 3 aromatic rings. The topological polar surface area (TPSA) is 74.5 Å². The molecule has 0 N–H and O–H groups in total. The third-order valence-electron chi connectivity index (χ3n) is 5.07. The zero-order valence-electron chi connectivity index (χ0n) is 18.9. The molecular formula is C22H29N5O3S2. The Labute approximate surface area is 196 Å². The SMILES string of the molecule is COc1cccc(-c2nc(CSc3nnc(N4CCOCC4)n3CC(C)C)cs2)c1OC. The lowest BCUT2D eigenvalue weighted by Crippen LogP contribution is -2.38. The van der Waals surface area contributed by atoms with E-state index < -0.39 is 0 Å². The molecule has 3 heterocycles. The Balaban J connectivity index is 1.51. The molecule has 0 saturated carbocycles. The number of morpholine rings is 1. The van der Waals surface area contributed by atoms with Crippen molar-refractivity contribution in [2.45, 2.75) is 31.3 Å². The molecule has 0 atom stereocenters. The van der Waals surface area contributed by atoms with Crippen molar-refractivity contribution < 1.29 is 14.2 Å². The molecule has 1 aliphatic rings. The van der Waals surface area contributed by atoms with Gasteiger partial charge < -0.3 is 19.1 Å². The van der Waals surface area contributed by atoms with Gasteiger partial charge in [-0.15, -0.1) is 21.5 Å². The summed E-state index contributed by atoms with van der Waals surface area (Å²) in [5, 5.41) is 12.9. The Bertz CT molecular complexity index is 1030. The number of hydrogen-bond donors (Lipinski definition) is 0. The third-order valence-corrected chi connectivity index (χ3v) is 7.00. The van der Waals surface area contributed by atoms with Crippen LogP contribution in [0.4, 0.5) is 5.95 Å². The second-order valence-electron chi connectivity index (χ2n) is 7.86. The quantitative estimate of drug-likeness (QED) is 0.426. The van der Waals surface area contributed by atoms with Crippen molar-refractivity contribution >= 4 is 29.0 Å². The largest absolute Gasteiger partial charge is 0.493 e. The molecule has 32 heavy (non-hydrogen) atoms. The molecule has 8 nitrogen and oxygen atoms in total. The fraction of sp³-hybridized carbons (Fsp3) is 0.500. The Hall–Kier alpha value is -2.30. The van der Waals surface area contributed by atoms with Gasteiger partial charge in [0.2, 0.25) is 5.95 Å². The lowest BCUT2D eigenvalue weighted by Gasteiger charge is -2.28. The first-order valence-electron chi connectivity index (χ1n) is 10.6. The number of thioether (sulfide) groups is 1. The van der Waals surface area contributed by atoms with Gasteiger partial charge >= 0.3 is 0 Å². The highest BCUT2D eigenvalue weighted by Gasteiger charge is 2.22. The molecule has 2 aromatic heterocycles. The predicted octanol–water partition coefficient (Wildman–Crippen LogP) is 4.20. The van der Waals surface area contributed by atoms with Crippen LogP contribution in [0.2, 0.25) is 0 Å². The van der Waals surface area contributed by atoms with Crippen LogP contribution in [-0.4, -0.2) is 60.3 Å². The minimum atomic E-state index is 0.497. The second-order valence-corrected chi connectivity index (χ2v) is 9.66. The fourth-order valence-corrected chi connectivity index (χ4v) is 5.38. The van der Waals surface area contributed by atoms with Crippen molar-refractivity contribution in [1.82, 2.24) is 19.7 Å². The predicted molar refractivity (Wildman–Crippen MR) is 128 cm³/mol. The van der Waals surface area contributed by atoms with Gasteiger partial charge in [0.1, 0.15) is 5.01 Å². The number of nitrogens with zero attached hydrogens (tertiary/aromatic N) is 5. The molecule has 0 radical (unpaired) electrons. The summed E-state index contributed by atoms with van der Waals surface area (Å²) in [5.41, 5.74) is 1.94. The van der Waals surface area contributed by atoms with Gasteiger partial charge in [-0.2, -0.15) is 0 Å². The average Bonchev–Trinajstić information content (AvgIpc) is 3.44. The van der Waals surface area contributed by atoms with Crippen LogP contribution in [0.15, 0.2) is 28.7 Å². The number of benzene rings is 1. The standard InChI is InChI=1S/C22H29N5O3S2/c1-15(2)12-27-21(26-8-10-30-11-9-26)24-25-22(27)32-14-16-13-31-20(23-16)17-6-5-7-18(28-3)19(17)29-4/h5-7,13,15H,8-12,14H2,1-4H3. The van der Waals surface area contributed by atoms with Crippen molar-refractivity contribution in [3.05, 3.63) is 29.3 Å². The molecular weight excluding hydrogens is 446 g/mol. The monoisotopic (exact) mass is 475 g/mol. The Morgan fingerprint density at radius 1 is 1.16 bits per heavy atom. The Morgan fingerprint density at radius 2 is 1.97 bits per heavy atom. The summed E-state index contributed by atoms with van der Waals surface area (Å²) >= 11 is 3.28. The van der Waals surface area contributed by atoms with E-state index in [0.717, 1.165) is 66.0 Å². The molecule has 1 saturated heterocycles. The summed E-state index contributed by atoms with van der Waals surface area (Å²) < 4.78 is 18.7. The molecule has 4 rings (SSSR count). The second kappa shape index (κ2) is 10.5. The first kappa shape index (κ1) is 22.9. The van der Waals surface area contributed by atoms with Crippen LogP contribution in [0.1, 0.15) is 19.5 Å². The molecule has 0 unspecified atom stereocenters. The van der Waals surface area contributed by atoms with Crippen LogP contribution >= 0.6 is 23.1 Å². The molecule has 172 valence electrons. The number of para-hydroxylation sites is 1. The molecule has 1 fully saturated rings. The number of ether oxygens (including phenoxy) is 3. The van der Waals surface area contributed by atoms with E-state index in [9.17, 15) is 0 Å². The maximum Gasteiger partial charge on any atom is 0.228 e. The van der Waals surface area contributed by atoms with Gasteiger partial charge in [0.15, 0.2) is 16.7 Å². The summed E-state index contributed by atoms with van der Waals surface area (Å²) in [4.78, 5) is 7.11. The average molecular weight is 476 g/mol. The summed E-state index contributed by atoms with van der Waals surface area (Å²) in [7, 11) is 3.29. The van der Waals surface area contributed by atoms with E-state index in [4.69, 9.17) is 19.2 Å². The number of methoxy groups -OCH3 is 2. The van der Waals surface area contributed by atoms with Crippen molar-refractivity contribution in [3.63, 3.8) is 0 Å². The van der Waals surface area contributed by atoms with Crippen LogP contribution in [-0.2, 0) is 17.0 Å². The highest BCUT2D eigenvalue weighted by atomic mass is 32.2. The maximum atomic E-state index is 5.57. The van der Waals surface area contributed by atoms with Gasteiger partial charge in [-0.1, -0.05) is 31.7 Å². The van der Waals surface area contributed by atoms with Gasteiger partial charge in [0.05, 0.1) is 38.7 Å². The number of rotatable bonds is 9. The number of anilines is 1. The van der Waals surface area contributed by atoms with Crippen molar-refractivity contribution in [3.8, 4) is 22.1 Å². The molecule has 1 aliphatic heterocycles. The molecule has 0 aliphatic carbocycles. The summed E-state index contributed by atoms with van der Waals surface area (Å²) in [6.07, 6.45) is 0. The van der Waals surface area contributed by atoms with Crippen LogP contribution < -0.4 is 14.4 Å². The highest BCUT2D eigenvalue weighted by Crippen LogP contribution is 2.39. The van der Waals surface area contributed by atoms with Gasteiger partial charge in [0.25, 0.3) is 0 Å². The number of hydrogen-bond acceptors (Lipinski definition) is 9. The number of thiazole rings is 1. The molecule has 0 amide bonds. The Kier molecular flexibility index (Phi) is 7.54. The van der Waals surface area contributed by atoms with E-state index in [0.29, 0.717) is 17.4 Å². The van der Waals surface area contributed by atoms with Gasteiger partial charge in [-0.3, -0.25) is 4.57 Å². The molecule has 0 bridgehead atoms. The maximum absolute atomic E-state index is 5.57. The van der Waals surface area contributed by atoms with Gasteiger partial charge in [-0.25, -0.2) is 4.98 Å². The minimum Gasteiger partial charge on any atom is -0.493 e. The van der Waals surface area contributed by atoms with Crippen LogP contribution in [0, 0.1) is 5.92 Å². The first-order valence-corrected chi connectivity index (χ1v) is 12.5. The van der Waals surface area contributed by atoms with Crippen LogP contribution in [0.3, 0.4) is 0 Å². The van der Waals surface area contributed by atoms with E-state index in [2.05, 4.69) is 38.9 Å². The molecule has 1 aromatic carbocycles. The molecule has 10 heteroatoms. The van der Waals surface area contributed by atoms with E-state index >= 15 is 0 Å². The van der Waals surface area contributed by atoms with E-state index in [1.807, 2.05) is 18.2 Å². The lowest BCUT2D eigenvalue weighted by atomic mass is 10.2. The van der Waals surface area contributed by atoms with Crippen molar-refractivity contribution in [2.24, 2.45) is 5.92 Å². The number of aromatic nitrogens is 4. The van der Waals surface area contributed by atoms with Gasteiger partial charge in [0, 0.05) is 30.8 Å². The van der Waals surface area contributed by atoms with Crippen molar-refractivity contribution in [1.29, 1.82) is 0 Å². The van der Waals surface area contributed by atoms with Crippen LogP contribution in [0.5, 0.6) is 11.5 Å². The molecule has 0 spiro atoms. The zero-order chi connectivity index (χ0) is 22.5.